The largest absolute Gasteiger partial charge is 0.314 e. The molecule has 22 heavy (non-hydrogen) atoms. The van der Waals surface area contributed by atoms with Crippen LogP contribution in [0.25, 0.3) is 0 Å². The van der Waals surface area contributed by atoms with Gasteiger partial charge in [0.1, 0.15) is 5.82 Å². The van der Waals surface area contributed by atoms with Gasteiger partial charge in [0.15, 0.2) is 11.6 Å². The number of rotatable bonds is 4. The van der Waals surface area contributed by atoms with Gasteiger partial charge in [-0.15, -0.1) is 24.8 Å². The molecule has 1 saturated heterocycles. The van der Waals surface area contributed by atoms with Crippen LogP contribution in [0.3, 0.4) is 0 Å². The first-order valence-corrected chi connectivity index (χ1v) is 7.08. The van der Waals surface area contributed by atoms with Gasteiger partial charge in [-0.2, -0.15) is 0 Å². The standard InChI is InChI=1S/C15H21F3N2.2ClH/c1-10(2)7-14(20-5-3-19-4-6-20)12-8-11(16)9-13(17)15(12)18;;/h8-10,14,19H,3-7H2,1-2H3;2*1H/t14-;;/m1../s1. The molecular formula is C15H23Cl2F3N2. The van der Waals surface area contributed by atoms with Crippen LogP contribution in [0.5, 0.6) is 0 Å². The number of nitrogens with zero attached hydrogens (tertiary/aromatic N) is 1. The van der Waals surface area contributed by atoms with E-state index in [9.17, 15) is 13.2 Å². The van der Waals surface area contributed by atoms with E-state index in [4.69, 9.17) is 0 Å². The molecule has 0 unspecified atom stereocenters. The Labute approximate surface area is 142 Å². The van der Waals surface area contributed by atoms with E-state index in [1.54, 1.807) is 0 Å². The number of halogens is 5. The van der Waals surface area contributed by atoms with Gasteiger partial charge >= 0.3 is 0 Å². The van der Waals surface area contributed by atoms with E-state index in [-0.39, 0.29) is 36.4 Å². The molecule has 0 bridgehead atoms. The van der Waals surface area contributed by atoms with Crippen molar-refractivity contribution in [3.05, 3.63) is 35.1 Å². The van der Waals surface area contributed by atoms with E-state index in [0.717, 1.165) is 32.2 Å². The van der Waals surface area contributed by atoms with Gasteiger partial charge in [-0.1, -0.05) is 13.8 Å². The molecule has 1 aliphatic rings. The van der Waals surface area contributed by atoms with Crippen molar-refractivity contribution in [2.45, 2.75) is 26.3 Å². The van der Waals surface area contributed by atoms with Crippen molar-refractivity contribution < 1.29 is 13.2 Å². The minimum absolute atomic E-state index is 0. The molecule has 0 spiro atoms. The summed E-state index contributed by atoms with van der Waals surface area (Å²) in [5.74, 6) is -2.43. The zero-order valence-corrected chi connectivity index (χ0v) is 14.4. The van der Waals surface area contributed by atoms with Gasteiger partial charge in [0, 0.05) is 43.9 Å². The predicted molar refractivity (Wildman–Crippen MR) is 87.5 cm³/mol. The van der Waals surface area contributed by atoms with Crippen LogP contribution in [0.2, 0.25) is 0 Å². The summed E-state index contributed by atoms with van der Waals surface area (Å²) < 4.78 is 40.9. The first-order valence-electron chi connectivity index (χ1n) is 7.08. The lowest BCUT2D eigenvalue weighted by Crippen LogP contribution is -2.45. The molecule has 1 N–H and O–H groups in total. The predicted octanol–water partition coefficient (Wildman–Crippen LogP) is 3.94. The van der Waals surface area contributed by atoms with Crippen LogP contribution in [0.1, 0.15) is 31.9 Å². The Kier molecular flexibility index (Phi) is 9.39. The summed E-state index contributed by atoms with van der Waals surface area (Å²) in [6.45, 7) is 7.21. The molecule has 2 rings (SSSR count). The molecule has 2 nitrogen and oxygen atoms in total. The molecule has 1 atom stereocenters. The summed E-state index contributed by atoms with van der Waals surface area (Å²) in [7, 11) is 0. The highest BCUT2D eigenvalue weighted by Crippen LogP contribution is 2.31. The van der Waals surface area contributed by atoms with Crippen LogP contribution < -0.4 is 5.32 Å². The molecule has 1 fully saturated rings. The van der Waals surface area contributed by atoms with Crippen molar-refractivity contribution in [2.75, 3.05) is 26.2 Å². The van der Waals surface area contributed by atoms with Gasteiger partial charge in [0.05, 0.1) is 0 Å². The molecule has 1 aromatic rings. The van der Waals surface area contributed by atoms with E-state index in [1.165, 1.54) is 0 Å². The van der Waals surface area contributed by atoms with Gasteiger partial charge in [-0.3, -0.25) is 4.90 Å². The van der Waals surface area contributed by atoms with Crippen molar-refractivity contribution in [1.82, 2.24) is 10.2 Å². The summed E-state index contributed by atoms with van der Waals surface area (Å²) in [4.78, 5) is 2.10. The lowest BCUT2D eigenvalue weighted by atomic mass is 9.94. The third kappa shape index (κ3) is 5.30. The smallest absolute Gasteiger partial charge is 0.163 e. The van der Waals surface area contributed by atoms with Crippen LogP contribution in [-0.4, -0.2) is 31.1 Å². The molecule has 1 aliphatic heterocycles. The Morgan fingerprint density at radius 1 is 1.09 bits per heavy atom. The lowest BCUT2D eigenvalue weighted by molar-refractivity contribution is 0.150. The van der Waals surface area contributed by atoms with Crippen molar-refractivity contribution >= 4 is 24.8 Å². The minimum Gasteiger partial charge on any atom is -0.314 e. The molecule has 0 aliphatic carbocycles. The third-order valence-corrected chi connectivity index (χ3v) is 3.67. The Bertz CT molecular complexity index is 466. The topological polar surface area (TPSA) is 15.3 Å². The highest BCUT2D eigenvalue weighted by molar-refractivity contribution is 5.85. The van der Waals surface area contributed by atoms with Gasteiger partial charge < -0.3 is 5.32 Å². The van der Waals surface area contributed by atoms with Crippen LogP contribution in [0, 0.1) is 23.4 Å². The first kappa shape index (κ1) is 21.5. The molecule has 7 heteroatoms. The Morgan fingerprint density at radius 3 is 2.23 bits per heavy atom. The second-order valence-corrected chi connectivity index (χ2v) is 5.72. The first-order chi connectivity index (χ1) is 9.49. The summed E-state index contributed by atoms with van der Waals surface area (Å²) in [6, 6.07) is 1.46. The molecule has 0 aromatic heterocycles. The van der Waals surface area contributed by atoms with E-state index >= 15 is 0 Å². The average molecular weight is 359 g/mol. The summed E-state index contributed by atoms with van der Waals surface area (Å²) in [5.41, 5.74) is 0.137. The Morgan fingerprint density at radius 2 is 1.68 bits per heavy atom. The fourth-order valence-electron chi connectivity index (χ4n) is 2.73. The summed E-state index contributed by atoms with van der Waals surface area (Å²) >= 11 is 0. The Hall–Kier alpha value is -0.490. The zero-order valence-electron chi connectivity index (χ0n) is 12.7. The highest BCUT2D eigenvalue weighted by Gasteiger charge is 2.27. The van der Waals surface area contributed by atoms with E-state index < -0.39 is 17.5 Å². The van der Waals surface area contributed by atoms with E-state index in [0.29, 0.717) is 18.4 Å². The fourth-order valence-corrected chi connectivity index (χ4v) is 2.73. The van der Waals surface area contributed by atoms with Gasteiger partial charge in [-0.05, 0) is 18.4 Å². The van der Waals surface area contributed by atoms with Crippen molar-refractivity contribution in [3.8, 4) is 0 Å². The number of hydrogen-bond acceptors (Lipinski definition) is 2. The lowest BCUT2D eigenvalue weighted by Gasteiger charge is -2.36. The normalized spacial score (nSPS) is 16.8. The van der Waals surface area contributed by atoms with E-state index in [2.05, 4.69) is 10.2 Å². The Balaban J connectivity index is 0.00000220. The number of hydrogen-bond donors (Lipinski definition) is 1. The van der Waals surface area contributed by atoms with E-state index in [1.807, 2.05) is 13.8 Å². The van der Waals surface area contributed by atoms with Gasteiger partial charge in [0.2, 0.25) is 0 Å². The monoisotopic (exact) mass is 358 g/mol. The zero-order chi connectivity index (χ0) is 14.7. The minimum atomic E-state index is -1.11. The molecule has 0 saturated carbocycles. The van der Waals surface area contributed by atoms with Gasteiger partial charge in [0.25, 0.3) is 0 Å². The summed E-state index contributed by atoms with van der Waals surface area (Å²) in [6.07, 6.45) is 0.680. The average Bonchev–Trinajstić information content (AvgIpc) is 2.41. The van der Waals surface area contributed by atoms with Crippen LogP contribution in [0.15, 0.2) is 12.1 Å². The maximum absolute atomic E-state index is 14.1. The SMILES string of the molecule is CC(C)C[C@H](c1cc(F)cc(F)c1F)N1CCNCC1.Cl.Cl. The van der Waals surface area contributed by atoms with Crippen LogP contribution >= 0.6 is 24.8 Å². The fraction of sp³-hybridized carbons (Fsp3) is 0.600. The molecular weight excluding hydrogens is 336 g/mol. The maximum atomic E-state index is 14.1. The molecule has 128 valence electrons. The third-order valence-electron chi connectivity index (χ3n) is 3.67. The number of benzene rings is 1. The van der Waals surface area contributed by atoms with Crippen molar-refractivity contribution in [1.29, 1.82) is 0 Å². The van der Waals surface area contributed by atoms with Crippen LogP contribution in [0.4, 0.5) is 13.2 Å². The van der Waals surface area contributed by atoms with Crippen LogP contribution in [-0.2, 0) is 0 Å². The number of nitrogens with one attached hydrogen (secondary N) is 1. The molecule has 1 heterocycles. The molecule has 1 aromatic carbocycles. The second-order valence-electron chi connectivity index (χ2n) is 5.72. The van der Waals surface area contributed by atoms with Crippen molar-refractivity contribution in [2.24, 2.45) is 5.92 Å². The highest BCUT2D eigenvalue weighted by atomic mass is 35.5. The summed E-state index contributed by atoms with van der Waals surface area (Å²) in [5, 5.41) is 3.23. The maximum Gasteiger partial charge on any atom is 0.163 e. The quantitative estimate of drug-likeness (QED) is 0.820. The number of piperazine rings is 1. The second kappa shape index (κ2) is 9.60. The molecule has 0 radical (unpaired) electrons. The van der Waals surface area contributed by atoms with Gasteiger partial charge in [-0.25, -0.2) is 13.2 Å². The molecule has 0 amide bonds. The van der Waals surface area contributed by atoms with Crippen molar-refractivity contribution in [3.63, 3.8) is 0 Å².